The first-order valence-corrected chi connectivity index (χ1v) is 7.76. The zero-order valence-corrected chi connectivity index (χ0v) is 13.9. The third kappa shape index (κ3) is 11.0. The second-order valence-corrected chi connectivity index (χ2v) is 5.44. The van der Waals surface area contributed by atoms with E-state index >= 15 is 0 Å². The van der Waals surface area contributed by atoms with Gasteiger partial charge in [-0.1, -0.05) is 30.3 Å². The number of hydrogen-bond donors (Lipinski definition) is 3. The molecule has 0 fully saturated rings. The largest absolute Gasteiger partial charge is 0.411 e. The predicted octanol–water partition coefficient (Wildman–Crippen LogP) is 1.96. The highest BCUT2D eigenvalue weighted by Gasteiger charge is 2.27. The Bertz CT molecular complexity index is 538. The summed E-state index contributed by atoms with van der Waals surface area (Å²) in [4.78, 5) is 23.2. The molecule has 6 nitrogen and oxygen atoms in total. The third-order valence-electron chi connectivity index (χ3n) is 2.98. The average molecular weight is 361 g/mol. The first-order chi connectivity index (χ1) is 11.8. The highest BCUT2D eigenvalue weighted by atomic mass is 19.4. The van der Waals surface area contributed by atoms with Crippen LogP contribution >= 0.6 is 0 Å². The van der Waals surface area contributed by atoms with Crippen LogP contribution in [0.25, 0.3) is 0 Å². The number of ether oxygens (including phenoxy) is 1. The van der Waals surface area contributed by atoms with Crippen molar-refractivity contribution >= 4 is 11.9 Å². The van der Waals surface area contributed by atoms with E-state index in [1.807, 2.05) is 30.3 Å². The fourth-order valence-corrected chi connectivity index (χ4v) is 1.84. The minimum absolute atomic E-state index is 0.0964. The van der Waals surface area contributed by atoms with E-state index in [2.05, 4.69) is 20.7 Å². The summed E-state index contributed by atoms with van der Waals surface area (Å²) in [6.07, 6.45) is -4.30. The van der Waals surface area contributed by atoms with Crippen LogP contribution in [0.2, 0.25) is 0 Å². The number of amides is 3. The summed E-state index contributed by atoms with van der Waals surface area (Å²) in [6, 6.07) is 8.22. The van der Waals surface area contributed by atoms with Gasteiger partial charge in [0.1, 0.15) is 6.61 Å². The number of carbonyl (C=O) groups excluding carboxylic acids is 2. The van der Waals surface area contributed by atoms with Gasteiger partial charge in [0.05, 0.1) is 12.6 Å². The molecule has 140 valence electrons. The van der Waals surface area contributed by atoms with Gasteiger partial charge in [-0.3, -0.25) is 4.79 Å². The van der Waals surface area contributed by atoms with Gasteiger partial charge >= 0.3 is 12.2 Å². The Morgan fingerprint density at radius 3 is 2.48 bits per heavy atom. The monoisotopic (exact) mass is 361 g/mol. The van der Waals surface area contributed by atoms with Crippen molar-refractivity contribution in [2.24, 2.45) is 0 Å². The Labute approximate surface area is 144 Å². The minimum atomic E-state index is -4.39. The molecule has 1 atom stereocenters. The van der Waals surface area contributed by atoms with Crippen LogP contribution in [-0.4, -0.2) is 43.9 Å². The fourth-order valence-electron chi connectivity index (χ4n) is 1.84. The molecule has 0 aromatic heterocycles. The second kappa shape index (κ2) is 10.5. The maximum Gasteiger partial charge on any atom is 0.411 e. The molecule has 0 aliphatic carbocycles. The Morgan fingerprint density at radius 1 is 1.16 bits per heavy atom. The highest BCUT2D eigenvalue weighted by Crippen LogP contribution is 2.14. The van der Waals surface area contributed by atoms with Crippen molar-refractivity contribution in [3.8, 4) is 0 Å². The Balaban J connectivity index is 2.10. The zero-order valence-electron chi connectivity index (χ0n) is 13.9. The smallest absolute Gasteiger partial charge is 0.370 e. The van der Waals surface area contributed by atoms with E-state index in [0.717, 1.165) is 5.56 Å². The molecule has 0 saturated carbocycles. The molecule has 0 saturated heterocycles. The van der Waals surface area contributed by atoms with Gasteiger partial charge in [-0.2, -0.15) is 13.2 Å². The number of hydrogen-bond acceptors (Lipinski definition) is 3. The van der Waals surface area contributed by atoms with Crippen molar-refractivity contribution < 1.29 is 27.5 Å². The van der Waals surface area contributed by atoms with Crippen molar-refractivity contribution in [1.29, 1.82) is 0 Å². The zero-order chi connectivity index (χ0) is 18.7. The molecule has 1 aromatic carbocycles. The summed E-state index contributed by atoms with van der Waals surface area (Å²) in [6.45, 7) is 0.414. The quantitative estimate of drug-likeness (QED) is 0.629. The number of benzene rings is 1. The van der Waals surface area contributed by atoms with E-state index < -0.39 is 24.9 Å². The summed E-state index contributed by atoms with van der Waals surface area (Å²) < 4.78 is 40.2. The first kappa shape index (κ1) is 20.8. The van der Waals surface area contributed by atoms with Gasteiger partial charge in [0, 0.05) is 19.5 Å². The van der Waals surface area contributed by atoms with Gasteiger partial charge in [-0.25, -0.2) is 4.79 Å². The minimum Gasteiger partial charge on any atom is -0.370 e. The molecule has 1 aromatic rings. The molecule has 9 heteroatoms. The van der Waals surface area contributed by atoms with Gasteiger partial charge in [0.2, 0.25) is 5.91 Å². The van der Waals surface area contributed by atoms with Gasteiger partial charge in [0.15, 0.2) is 0 Å². The molecular weight excluding hydrogens is 339 g/mol. The summed E-state index contributed by atoms with van der Waals surface area (Å²) in [5.41, 5.74) is 0.967. The van der Waals surface area contributed by atoms with Gasteiger partial charge in [-0.15, -0.1) is 0 Å². The van der Waals surface area contributed by atoms with Gasteiger partial charge < -0.3 is 20.7 Å². The van der Waals surface area contributed by atoms with E-state index in [0.29, 0.717) is 6.54 Å². The van der Waals surface area contributed by atoms with E-state index in [4.69, 9.17) is 0 Å². The molecule has 25 heavy (non-hydrogen) atoms. The van der Waals surface area contributed by atoms with Crippen LogP contribution < -0.4 is 16.0 Å². The van der Waals surface area contributed by atoms with Gasteiger partial charge in [0.25, 0.3) is 0 Å². The van der Waals surface area contributed by atoms with Crippen molar-refractivity contribution in [2.45, 2.75) is 32.1 Å². The lowest BCUT2D eigenvalue weighted by molar-refractivity contribution is -0.174. The first-order valence-electron chi connectivity index (χ1n) is 7.76. The molecule has 1 rings (SSSR count). The molecule has 3 amide bonds. The van der Waals surface area contributed by atoms with Gasteiger partial charge in [-0.05, 0) is 12.5 Å². The van der Waals surface area contributed by atoms with Crippen LogP contribution in [0.4, 0.5) is 18.0 Å². The topological polar surface area (TPSA) is 79.5 Å². The average Bonchev–Trinajstić information content (AvgIpc) is 2.52. The second-order valence-electron chi connectivity index (χ2n) is 5.44. The Morgan fingerprint density at radius 2 is 1.84 bits per heavy atom. The van der Waals surface area contributed by atoms with E-state index in [9.17, 15) is 22.8 Å². The molecule has 0 aliphatic rings. The van der Waals surface area contributed by atoms with Crippen molar-refractivity contribution in [3.63, 3.8) is 0 Å². The third-order valence-corrected chi connectivity index (χ3v) is 2.98. The lowest BCUT2D eigenvalue weighted by Crippen LogP contribution is -2.44. The van der Waals surface area contributed by atoms with Crippen LogP contribution in [-0.2, 0) is 16.1 Å². The lowest BCUT2D eigenvalue weighted by atomic mass is 10.2. The molecule has 0 radical (unpaired) electrons. The van der Waals surface area contributed by atoms with Crippen LogP contribution in [0.1, 0.15) is 18.9 Å². The van der Waals surface area contributed by atoms with Crippen LogP contribution in [0.5, 0.6) is 0 Å². The van der Waals surface area contributed by atoms with Crippen LogP contribution in [0.15, 0.2) is 30.3 Å². The maximum absolute atomic E-state index is 11.9. The number of carbonyl (C=O) groups is 2. The van der Waals surface area contributed by atoms with E-state index in [-0.39, 0.29) is 25.5 Å². The molecule has 3 N–H and O–H groups in total. The molecule has 0 heterocycles. The summed E-state index contributed by atoms with van der Waals surface area (Å²) in [7, 11) is 0. The molecule has 0 bridgehead atoms. The highest BCUT2D eigenvalue weighted by molar-refractivity contribution is 5.78. The summed E-state index contributed by atoms with van der Waals surface area (Å²) >= 11 is 0. The number of alkyl halides is 3. The number of urea groups is 1. The summed E-state index contributed by atoms with van der Waals surface area (Å²) in [5, 5.41) is 7.60. The SMILES string of the molecule is CC(COCC(F)(F)F)NC(=O)NCCC(=O)NCc1ccccc1. The maximum atomic E-state index is 11.9. The molecule has 1 unspecified atom stereocenters. The molecular formula is C16H22F3N3O3. The van der Waals surface area contributed by atoms with Crippen LogP contribution in [0, 0.1) is 0 Å². The predicted molar refractivity (Wildman–Crippen MR) is 85.8 cm³/mol. The molecule has 0 spiro atoms. The Hall–Kier alpha value is -2.29. The van der Waals surface area contributed by atoms with E-state index in [1.165, 1.54) is 6.92 Å². The summed E-state index contributed by atoms with van der Waals surface area (Å²) in [5.74, 6) is -0.217. The Kier molecular flexibility index (Phi) is 8.76. The fraction of sp³-hybridized carbons (Fsp3) is 0.500. The standard InChI is InChI=1S/C16H22F3N3O3/c1-12(10-25-11-16(17,18)19)22-15(24)20-8-7-14(23)21-9-13-5-3-2-4-6-13/h2-6,12H,7-11H2,1H3,(H,21,23)(H2,20,22,24). The van der Waals surface area contributed by atoms with Crippen molar-refractivity contribution in [3.05, 3.63) is 35.9 Å². The lowest BCUT2D eigenvalue weighted by Gasteiger charge is -2.15. The number of halogens is 3. The number of rotatable bonds is 9. The van der Waals surface area contributed by atoms with Crippen molar-refractivity contribution in [2.75, 3.05) is 19.8 Å². The number of nitrogens with one attached hydrogen (secondary N) is 3. The molecule has 0 aliphatic heterocycles. The van der Waals surface area contributed by atoms with E-state index in [1.54, 1.807) is 0 Å². The van der Waals surface area contributed by atoms with Crippen LogP contribution in [0.3, 0.4) is 0 Å². The van der Waals surface area contributed by atoms with Crippen molar-refractivity contribution in [1.82, 2.24) is 16.0 Å². The normalized spacial score (nSPS) is 12.3.